The van der Waals surface area contributed by atoms with Crippen molar-refractivity contribution >= 4 is 17.5 Å². The van der Waals surface area contributed by atoms with Crippen molar-refractivity contribution in [2.24, 2.45) is 5.73 Å². The van der Waals surface area contributed by atoms with Gasteiger partial charge in [-0.05, 0) is 12.8 Å². The molecule has 0 radical (unpaired) electrons. The van der Waals surface area contributed by atoms with Gasteiger partial charge in [0.1, 0.15) is 5.82 Å². The fraction of sp³-hybridized carbons (Fsp3) is 0.714. The number of carbonyl (C=O) groups is 1. The lowest BCUT2D eigenvalue weighted by molar-refractivity contribution is -0.125. The van der Waals surface area contributed by atoms with E-state index in [1.807, 2.05) is 0 Å². The zero-order chi connectivity index (χ0) is 15.4. The summed E-state index contributed by atoms with van der Waals surface area (Å²) in [7, 11) is 1.65. The zero-order valence-electron chi connectivity index (χ0n) is 12.7. The minimum atomic E-state index is -0.191. The Morgan fingerprint density at radius 1 is 1.62 bits per heavy atom. The normalized spacial score (nSPS) is 22.7. The van der Waals surface area contributed by atoms with Gasteiger partial charge in [-0.15, -0.1) is 0 Å². The van der Waals surface area contributed by atoms with Crippen molar-refractivity contribution in [3.8, 4) is 0 Å². The third-order valence-electron chi connectivity index (χ3n) is 3.89. The fourth-order valence-corrected chi connectivity index (χ4v) is 2.97. The molecule has 1 aliphatic heterocycles. The fourth-order valence-electron chi connectivity index (χ4n) is 2.76. The summed E-state index contributed by atoms with van der Waals surface area (Å²) in [6.45, 7) is 3.41. The molecule has 1 aromatic heterocycles. The number of aromatic amines is 1. The van der Waals surface area contributed by atoms with Crippen LogP contribution in [0, 0.1) is 0 Å². The van der Waals surface area contributed by atoms with Gasteiger partial charge in [0.25, 0.3) is 0 Å². The minimum Gasteiger partial charge on any atom is -0.358 e. The van der Waals surface area contributed by atoms with Crippen molar-refractivity contribution in [1.82, 2.24) is 20.2 Å². The van der Waals surface area contributed by atoms with E-state index in [2.05, 4.69) is 27.1 Å². The Hall–Kier alpha value is -1.11. The van der Waals surface area contributed by atoms with E-state index in [1.165, 1.54) is 0 Å². The molecule has 21 heavy (non-hydrogen) atoms. The Morgan fingerprint density at radius 3 is 3.05 bits per heavy atom. The number of likely N-dealkylation sites (tertiary alicyclic amines) is 1. The highest BCUT2D eigenvalue weighted by Crippen LogP contribution is 2.22. The van der Waals surface area contributed by atoms with Crippen molar-refractivity contribution in [2.75, 3.05) is 13.6 Å². The lowest BCUT2D eigenvalue weighted by atomic mass is 10.1. The number of hydrogen-bond acceptors (Lipinski definition) is 4. The molecule has 0 unspecified atom stereocenters. The molecule has 1 fully saturated rings. The molecule has 2 heterocycles. The van der Waals surface area contributed by atoms with Gasteiger partial charge in [-0.1, -0.05) is 24.9 Å². The predicted octanol–water partition coefficient (Wildman–Crippen LogP) is 1.05. The van der Waals surface area contributed by atoms with Crippen LogP contribution in [-0.4, -0.2) is 46.5 Å². The number of likely N-dealkylation sites (N-methyl/N-ethyl adjacent to an activating group) is 1. The number of unbranched alkanes of at least 4 members (excludes halogenated alkanes) is 1. The molecule has 7 heteroatoms. The first kappa shape index (κ1) is 16.3. The summed E-state index contributed by atoms with van der Waals surface area (Å²) in [6, 6.07) is -0.169. The highest BCUT2D eigenvalue weighted by atomic mass is 35.5. The number of nitrogens with zero attached hydrogens (tertiary/aromatic N) is 2. The Morgan fingerprint density at radius 2 is 2.38 bits per heavy atom. The SMILES string of the molecule is CCCCc1nc(Cl)c(CN2C[C@H](N)C[C@H]2C(=O)NC)[nH]1. The lowest BCUT2D eigenvalue weighted by Gasteiger charge is -2.22. The maximum Gasteiger partial charge on any atom is 0.237 e. The summed E-state index contributed by atoms with van der Waals surface area (Å²) in [5.74, 6) is 0.918. The van der Waals surface area contributed by atoms with Gasteiger partial charge in [-0.3, -0.25) is 9.69 Å². The molecule has 0 aliphatic carbocycles. The number of halogens is 1. The second kappa shape index (κ2) is 7.24. The molecule has 0 bridgehead atoms. The monoisotopic (exact) mass is 313 g/mol. The average molecular weight is 314 g/mol. The van der Waals surface area contributed by atoms with Gasteiger partial charge in [0.2, 0.25) is 5.91 Å². The standard InChI is InChI=1S/C14H24ClN5O/c1-3-4-5-12-18-10(13(15)19-12)8-20-7-9(16)6-11(20)14(21)17-2/h9,11H,3-8,16H2,1-2H3,(H,17,21)(H,18,19)/t9-,11+/m1/s1. The lowest BCUT2D eigenvalue weighted by Crippen LogP contribution is -2.41. The Labute approximate surface area is 130 Å². The number of hydrogen-bond donors (Lipinski definition) is 3. The molecule has 1 amide bonds. The second-order valence-corrected chi connectivity index (χ2v) is 5.97. The zero-order valence-corrected chi connectivity index (χ0v) is 13.4. The molecule has 1 aliphatic rings. The molecule has 4 N–H and O–H groups in total. The van der Waals surface area contributed by atoms with Crippen LogP contribution in [0.15, 0.2) is 0 Å². The molecule has 1 saturated heterocycles. The highest BCUT2D eigenvalue weighted by Gasteiger charge is 2.35. The van der Waals surface area contributed by atoms with Gasteiger partial charge >= 0.3 is 0 Å². The van der Waals surface area contributed by atoms with E-state index in [-0.39, 0.29) is 18.0 Å². The van der Waals surface area contributed by atoms with Gasteiger partial charge in [0.15, 0.2) is 5.15 Å². The molecule has 6 nitrogen and oxygen atoms in total. The van der Waals surface area contributed by atoms with Crippen molar-refractivity contribution in [3.63, 3.8) is 0 Å². The van der Waals surface area contributed by atoms with Gasteiger partial charge in [0.05, 0.1) is 11.7 Å². The number of aryl methyl sites for hydroxylation is 1. The largest absolute Gasteiger partial charge is 0.358 e. The van der Waals surface area contributed by atoms with Crippen molar-refractivity contribution in [2.45, 2.75) is 51.2 Å². The number of H-pyrrole nitrogens is 1. The number of nitrogens with two attached hydrogens (primary N) is 1. The van der Waals surface area contributed by atoms with Crippen molar-refractivity contribution in [3.05, 3.63) is 16.7 Å². The maximum absolute atomic E-state index is 11.9. The molecule has 0 saturated carbocycles. The number of nitrogens with one attached hydrogen (secondary N) is 2. The van der Waals surface area contributed by atoms with E-state index in [1.54, 1.807) is 7.05 Å². The molecule has 0 spiro atoms. The van der Waals surface area contributed by atoms with Crippen LogP contribution >= 0.6 is 11.6 Å². The van der Waals surface area contributed by atoms with Crippen LogP contribution in [0.2, 0.25) is 5.15 Å². The Balaban J connectivity index is 2.06. The van der Waals surface area contributed by atoms with Crippen LogP contribution in [0.25, 0.3) is 0 Å². The number of carbonyl (C=O) groups excluding carboxylic acids is 1. The smallest absolute Gasteiger partial charge is 0.237 e. The van der Waals surface area contributed by atoms with Gasteiger partial charge in [-0.2, -0.15) is 0 Å². The first-order valence-electron chi connectivity index (χ1n) is 7.49. The maximum atomic E-state index is 11.9. The molecular weight excluding hydrogens is 290 g/mol. The van der Waals surface area contributed by atoms with E-state index in [9.17, 15) is 4.79 Å². The highest BCUT2D eigenvalue weighted by molar-refractivity contribution is 6.30. The van der Waals surface area contributed by atoms with E-state index < -0.39 is 0 Å². The number of rotatable bonds is 6. The van der Waals surface area contributed by atoms with Crippen LogP contribution in [0.5, 0.6) is 0 Å². The van der Waals surface area contributed by atoms with Crippen LogP contribution in [0.3, 0.4) is 0 Å². The minimum absolute atomic E-state index is 0.00444. The summed E-state index contributed by atoms with van der Waals surface area (Å²) in [4.78, 5) is 21.6. The summed E-state index contributed by atoms with van der Waals surface area (Å²) in [6.07, 6.45) is 3.77. The van der Waals surface area contributed by atoms with Crippen LogP contribution in [0.1, 0.15) is 37.7 Å². The second-order valence-electron chi connectivity index (χ2n) is 5.61. The summed E-state index contributed by atoms with van der Waals surface area (Å²) < 4.78 is 0. The van der Waals surface area contributed by atoms with Crippen molar-refractivity contribution < 1.29 is 4.79 Å². The molecule has 0 aromatic carbocycles. The Bertz CT molecular complexity index is 490. The van der Waals surface area contributed by atoms with Crippen LogP contribution in [0.4, 0.5) is 0 Å². The molecule has 118 valence electrons. The summed E-state index contributed by atoms with van der Waals surface area (Å²) in [5.41, 5.74) is 6.86. The molecule has 1 aromatic rings. The number of imidazole rings is 1. The van der Waals surface area contributed by atoms with E-state index in [0.717, 1.165) is 30.8 Å². The summed E-state index contributed by atoms with van der Waals surface area (Å²) >= 11 is 6.20. The van der Waals surface area contributed by atoms with E-state index >= 15 is 0 Å². The van der Waals surface area contributed by atoms with Crippen LogP contribution in [-0.2, 0) is 17.8 Å². The van der Waals surface area contributed by atoms with Gasteiger partial charge in [-0.25, -0.2) is 4.98 Å². The van der Waals surface area contributed by atoms with Crippen molar-refractivity contribution in [1.29, 1.82) is 0 Å². The topological polar surface area (TPSA) is 87.0 Å². The number of aromatic nitrogens is 2. The van der Waals surface area contributed by atoms with Gasteiger partial charge in [0, 0.05) is 32.6 Å². The summed E-state index contributed by atoms with van der Waals surface area (Å²) in [5, 5.41) is 3.19. The first-order chi connectivity index (χ1) is 10.0. The van der Waals surface area contributed by atoms with Gasteiger partial charge < -0.3 is 16.0 Å². The average Bonchev–Trinajstić information content (AvgIpc) is 2.99. The number of amides is 1. The molecule has 2 rings (SSSR count). The van der Waals surface area contributed by atoms with Crippen LogP contribution < -0.4 is 11.1 Å². The quantitative estimate of drug-likeness (QED) is 0.732. The third kappa shape index (κ3) is 3.96. The van der Waals surface area contributed by atoms with E-state index in [0.29, 0.717) is 24.7 Å². The predicted molar refractivity (Wildman–Crippen MR) is 83.1 cm³/mol. The molecule has 2 atom stereocenters. The van der Waals surface area contributed by atoms with E-state index in [4.69, 9.17) is 17.3 Å². The Kier molecular flexibility index (Phi) is 5.61. The third-order valence-corrected chi connectivity index (χ3v) is 4.20. The first-order valence-corrected chi connectivity index (χ1v) is 7.87. The molecular formula is C14H24ClN5O.